The molecule has 0 bridgehead atoms. The van der Waals surface area contributed by atoms with Crippen LogP contribution in [0.5, 0.6) is 0 Å². The second kappa shape index (κ2) is 4.60. The van der Waals surface area contributed by atoms with Crippen molar-refractivity contribution in [2.75, 3.05) is 0 Å². The minimum Gasteiger partial charge on any atom is -0.376 e. The van der Waals surface area contributed by atoms with Crippen LogP contribution in [0.4, 0.5) is 13.2 Å². The first-order chi connectivity index (χ1) is 8.54. The van der Waals surface area contributed by atoms with Crippen LogP contribution >= 0.6 is 0 Å². The van der Waals surface area contributed by atoms with Gasteiger partial charge in [0.15, 0.2) is 0 Å². The topological polar surface area (TPSA) is 87.1 Å². The van der Waals surface area contributed by atoms with Crippen LogP contribution in [0.15, 0.2) is 11.6 Å². The predicted molar refractivity (Wildman–Crippen MR) is 59.0 cm³/mol. The van der Waals surface area contributed by atoms with Crippen LogP contribution in [0.1, 0.15) is 19.8 Å². The molecule has 19 heavy (non-hydrogen) atoms. The quantitative estimate of drug-likeness (QED) is 0.581. The maximum atomic E-state index is 12.5. The lowest BCUT2D eigenvalue weighted by Gasteiger charge is -2.21. The molecular formula is C12H11F3N2O2. The Morgan fingerprint density at radius 2 is 2.00 bits per heavy atom. The van der Waals surface area contributed by atoms with Crippen molar-refractivity contribution >= 4 is 5.91 Å². The SMILES string of the molecule is C[C@@](O)(C#C/C(=C/C(N)=O)C(F)(F)F)C1(C#N)CC1. The number of hydrogen-bond acceptors (Lipinski definition) is 3. The Bertz CT molecular complexity index is 526. The molecule has 3 N–H and O–H groups in total. The molecule has 0 saturated heterocycles. The third-order valence-electron chi connectivity index (χ3n) is 2.93. The van der Waals surface area contributed by atoms with Crippen LogP contribution in [0.2, 0.25) is 0 Å². The Hall–Kier alpha value is -1.99. The molecule has 1 aliphatic rings. The number of nitriles is 1. The first-order valence-electron chi connectivity index (χ1n) is 5.29. The lowest BCUT2D eigenvalue weighted by molar-refractivity contribution is -0.115. The van der Waals surface area contributed by atoms with Crippen LogP contribution < -0.4 is 5.73 Å². The minimum atomic E-state index is -4.85. The van der Waals surface area contributed by atoms with Gasteiger partial charge in [-0.15, -0.1) is 0 Å². The van der Waals surface area contributed by atoms with E-state index < -0.39 is 28.7 Å². The highest BCUT2D eigenvalue weighted by Gasteiger charge is 2.56. The van der Waals surface area contributed by atoms with Gasteiger partial charge in [0.1, 0.15) is 11.2 Å². The van der Waals surface area contributed by atoms with Gasteiger partial charge in [-0.3, -0.25) is 4.79 Å². The number of allylic oxidation sites excluding steroid dienone is 1. The molecule has 1 rings (SSSR count). The third-order valence-corrected chi connectivity index (χ3v) is 2.93. The third kappa shape index (κ3) is 3.27. The number of amides is 1. The zero-order valence-electron chi connectivity index (χ0n) is 10.0. The molecule has 0 radical (unpaired) electrons. The zero-order valence-corrected chi connectivity index (χ0v) is 10.0. The molecule has 4 nitrogen and oxygen atoms in total. The highest BCUT2D eigenvalue weighted by molar-refractivity contribution is 5.87. The lowest BCUT2D eigenvalue weighted by atomic mass is 9.87. The highest BCUT2D eigenvalue weighted by Crippen LogP contribution is 2.53. The molecule has 0 aromatic carbocycles. The van der Waals surface area contributed by atoms with Crippen LogP contribution in [0, 0.1) is 28.6 Å². The number of primary amides is 1. The van der Waals surface area contributed by atoms with Crippen molar-refractivity contribution in [1.29, 1.82) is 5.26 Å². The Labute approximate surface area is 107 Å². The predicted octanol–water partition coefficient (Wildman–Crippen LogP) is 1.02. The Kier molecular flexibility index (Phi) is 3.65. The van der Waals surface area contributed by atoms with E-state index in [2.05, 4.69) is 5.73 Å². The summed E-state index contributed by atoms with van der Waals surface area (Å²) in [7, 11) is 0. The second-order valence-corrected chi connectivity index (χ2v) is 4.47. The Balaban J connectivity index is 3.10. The molecule has 0 heterocycles. The van der Waals surface area contributed by atoms with Gasteiger partial charge < -0.3 is 10.8 Å². The van der Waals surface area contributed by atoms with Gasteiger partial charge in [-0.05, 0) is 19.8 Å². The molecule has 0 aromatic rings. The molecule has 1 saturated carbocycles. The summed E-state index contributed by atoms with van der Waals surface area (Å²) >= 11 is 0. The fourth-order valence-electron chi connectivity index (χ4n) is 1.47. The van der Waals surface area contributed by atoms with E-state index in [1.165, 1.54) is 6.92 Å². The van der Waals surface area contributed by atoms with E-state index in [0.29, 0.717) is 12.8 Å². The summed E-state index contributed by atoms with van der Waals surface area (Å²) in [5.41, 5.74) is 0.199. The smallest absolute Gasteiger partial charge is 0.376 e. The summed E-state index contributed by atoms with van der Waals surface area (Å²) in [5, 5.41) is 18.8. The number of alkyl halides is 3. The number of carbonyl (C=O) groups is 1. The maximum Gasteiger partial charge on any atom is 0.424 e. The van der Waals surface area contributed by atoms with Crippen LogP contribution in [-0.4, -0.2) is 22.8 Å². The van der Waals surface area contributed by atoms with Crippen molar-refractivity contribution in [3.05, 3.63) is 11.6 Å². The van der Waals surface area contributed by atoms with Gasteiger partial charge in [-0.25, -0.2) is 0 Å². The van der Waals surface area contributed by atoms with Gasteiger partial charge in [0, 0.05) is 6.08 Å². The number of rotatable bonds is 2. The molecule has 0 aromatic heterocycles. The van der Waals surface area contributed by atoms with Crippen LogP contribution in [-0.2, 0) is 4.79 Å². The summed E-state index contributed by atoms with van der Waals surface area (Å²) in [6.45, 7) is 1.18. The van der Waals surface area contributed by atoms with Gasteiger partial charge >= 0.3 is 6.18 Å². The van der Waals surface area contributed by atoms with E-state index in [1.54, 1.807) is 5.92 Å². The van der Waals surface area contributed by atoms with E-state index >= 15 is 0 Å². The van der Waals surface area contributed by atoms with Crippen molar-refractivity contribution in [3.63, 3.8) is 0 Å². The molecule has 7 heteroatoms. The van der Waals surface area contributed by atoms with Crippen molar-refractivity contribution in [2.45, 2.75) is 31.5 Å². The summed E-state index contributed by atoms with van der Waals surface area (Å²) < 4.78 is 37.6. The van der Waals surface area contributed by atoms with Crippen molar-refractivity contribution in [3.8, 4) is 17.9 Å². The first kappa shape index (κ1) is 15.1. The van der Waals surface area contributed by atoms with Crippen LogP contribution in [0.25, 0.3) is 0 Å². The van der Waals surface area contributed by atoms with E-state index in [9.17, 15) is 23.1 Å². The summed E-state index contributed by atoms with van der Waals surface area (Å²) in [6, 6.07) is 1.85. The largest absolute Gasteiger partial charge is 0.424 e. The molecule has 102 valence electrons. The number of halogens is 3. The van der Waals surface area contributed by atoms with Crippen molar-refractivity contribution in [2.24, 2.45) is 11.1 Å². The highest BCUT2D eigenvalue weighted by atomic mass is 19.4. The van der Waals surface area contributed by atoms with Gasteiger partial charge in [0.05, 0.1) is 11.5 Å². The standard InChI is InChI=1S/C12H11F3N2O2/c1-10(19,11(7-16)4-5-11)3-2-8(6-9(17)18)12(13,14)15/h6,19H,4-5H2,1H3,(H2,17,18)/b8-6-/t10-/m1/s1. The van der Waals surface area contributed by atoms with Crippen LogP contribution in [0.3, 0.4) is 0 Å². The van der Waals surface area contributed by atoms with E-state index in [0.717, 1.165) is 0 Å². The summed E-state index contributed by atoms with van der Waals surface area (Å²) in [4.78, 5) is 10.5. The van der Waals surface area contributed by atoms with Crippen molar-refractivity contribution < 1.29 is 23.1 Å². The fraction of sp³-hybridized carbons (Fsp3) is 0.500. The number of hydrogen-bond donors (Lipinski definition) is 2. The molecular weight excluding hydrogens is 261 g/mol. The van der Waals surface area contributed by atoms with E-state index in [4.69, 9.17) is 5.26 Å². The minimum absolute atomic E-state index is 0.148. The Morgan fingerprint density at radius 3 is 2.32 bits per heavy atom. The molecule has 1 aliphatic carbocycles. The number of carbonyl (C=O) groups excluding carboxylic acids is 1. The Morgan fingerprint density at radius 1 is 1.47 bits per heavy atom. The molecule has 1 atom stereocenters. The molecule has 1 fully saturated rings. The average Bonchev–Trinajstić information content (AvgIpc) is 3.03. The molecule has 0 unspecified atom stereocenters. The van der Waals surface area contributed by atoms with Gasteiger partial charge in [0.25, 0.3) is 0 Å². The number of nitrogens with zero attached hydrogens (tertiary/aromatic N) is 1. The average molecular weight is 272 g/mol. The van der Waals surface area contributed by atoms with Gasteiger partial charge in [-0.1, -0.05) is 11.8 Å². The maximum absolute atomic E-state index is 12.5. The number of nitrogens with two attached hydrogens (primary N) is 1. The summed E-state index contributed by atoms with van der Waals surface area (Å²) in [5.74, 6) is 2.42. The molecule has 0 spiro atoms. The summed E-state index contributed by atoms with van der Waals surface area (Å²) in [6.07, 6.45) is -3.96. The lowest BCUT2D eigenvalue weighted by Crippen LogP contribution is -2.33. The first-order valence-corrected chi connectivity index (χ1v) is 5.29. The zero-order chi connectivity index (χ0) is 14.9. The normalized spacial score (nSPS) is 20.5. The van der Waals surface area contributed by atoms with E-state index in [-0.39, 0.29) is 6.08 Å². The van der Waals surface area contributed by atoms with Gasteiger partial charge in [-0.2, -0.15) is 18.4 Å². The molecule has 0 aliphatic heterocycles. The second-order valence-electron chi connectivity index (χ2n) is 4.47. The van der Waals surface area contributed by atoms with Gasteiger partial charge in [0.2, 0.25) is 5.91 Å². The fourth-order valence-corrected chi connectivity index (χ4v) is 1.47. The molecule has 1 amide bonds. The van der Waals surface area contributed by atoms with E-state index in [1.807, 2.05) is 12.0 Å². The number of aliphatic hydroxyl groups is 1. The monoisotopic (exact) mass is 272 g/mol. The van der Waals surface area contributed by atoms with Crippen molar-refractivity contribution in [1.82, 2.24) is 0 Å².